The monoisotopic (exact) mass is 742 g/mol. The fraction of sp³-hybridized carbons (Fsp3) is 0.791. The minimum atomic E-state index is -1.73. The van der Waals surface area contributed by atoms with Crippen molar-refractivity contribution in [2.75, 3.05) is 7.11 Å². The summed E-state index contributed by atoms with van der Waals surface area (Å²) in [7, 11) is 1.27. The molecule has 4 aliphatic rings. The van der Waals surface area contributed by atoms with Crippen molar-refractivity contribution in [3.05, 3.63) is 22.8 Å². The molecule has 11 atom stereocenters. The number of ether oxygens (including phenoxy) is 3. The van der Waals surface area contributed by atoms with Crippen molar-refractivity contribution in [2.24, 2.45) is 40.9 Å². The summed E-state index contributed by atoms with van der Waals surface area (Å²) < 4.78 is 18.2. The summed E-state index contributed by atoms with van der Waals surface area (Å²) in [5, 5.41) is 23.5. The Hall–Kier alpha value is -2.69. The van der Waals surface area contributed by atoms with Gasteiger partial charge in [0.15, 0.2) is 0 Å². The summed E-state index contributed by atoms with van der Waals surface area (Å²) in [5.41, 5.74) is -2.22. The van der Waals surface area contributed by atoms with Gasteiger partial charge in [0, 0.05) is 56.3 Å². The molecule has 2 heterocycles. The van der Waals surface area contributed by atoms with Gasteiger partial charge >= 0.3 is 11.9 Å². The molecule has 0 amide bonds. The highest BCUT2D eigenvalue weighted by Gasteiger charge is 2.61. The lowest BCUT2D eigenvalue weighted by atomic mass is 9.52. The highest BCUT2D eigenvalue weighted by atomic mass is 16.5. The smallest absolute Gasteiger partial charge is 0.313 e. The van der Waals surface area contributed by atoms with Gasteiger partial charge in [-0.15, -0.1) is 0 Å². The Bertz CT molecular complexity index is 1470. The summed E-state index contributed by atoms with van der Waals surface area (Å²) in [6, 6.07) is 0. The number of Topliss-reactive ketones (excluding diaryl/α,β-unsaturated/α-hetero) is 3. The molecule has 53 heavy (non-hydrogen) atoms. The lowest BCUT2D eigenvalue weighted by Gasteiger charge is -2.51. The Balaban J connectivity index is 2.04. The van der Waals surface area contributed by atoms with E-state index in [0.717, 1.165) is 24.0 Å². The van der Waals surface area contributed by atoms with Gasteiger partial charge in [-0.1, -0.05) is 57.8 Å². The van der Waals surface area contributed by atoms with Gasteiger partial charge in [0.25, 0.3) is 0 Å². The summed E-state index contributed by atoms with van der Waals surface area (Å²) in [6.45, 7) is 16.2. The normalized spacial score (nSPS) is 39.8. The van der Waals surface area contributed by atoms with E-state index < -0.39 is 64.6 Å². The number of aliphatic hydroxyl groups is 2. The Morgan fingerprint density at radius 3 is 2.19 bits per heavy atom. The molecule has 0 aromatic carbocycles. The number of hydrogen-bond acceptors (Lipinski definition) is 10. The molecule has 2 bridgehead atoms. The van der Waals surface area contributed by atoms with Crippen LogP contribution in [0.15, 0.2) is 22.8 Å². The first-order valence-corrected chi connectivity index (χ1v) is 19.9. The Morgan fingerprint density at radius 1 is 0.906 bits per heavy atom. The third kappa shape index (κ3) is 9.41. The zero-order valence-corrected chi connectivity index (χ0v) is 33.9. The van der Waals surface area contributed by atoms with Gasteiger partial charge in [-0.2, -0.15) is 0 Å². The number of allylic oxidation sites excluding steroid dienone is 3. The van der Waals surface area contributed by atoms with Gasteiger partial charge in [-0.25, -0.2) is 0 Å². The van der Waals surface area contributed by atoms with Crippen LogP contribution in [0.1, 0.15) is 139 Å². The number of rotatable bonds is 3. The van der Waals surface area contributed by atoms with Crippen molar-refractivity contribution in [3.8, 4) is 0 Å². The summed E-state index contributed by atoms with van der Waals surface area (Å²) in [4.78, 5) is 70.9. The lowest BCUT2D eigenvalue weighted by molar-refractivity contribution is -0.220. The van der Waals surface area contributed by atoms with E-state index in [9.17, 15) is 34.2 Å². The number of fused-ring (bicyclic) bond motifs is 5. The van der Waals surface area contributed by atoms with E-state index in [2.05, 4.69) is 0 Å². The van der Waals surface area contributed by atoms with Crippen molar-refractivity contribution in [1.29, 1.82) is 0 Å². The second kappa shape index (κ2) is 17.0. The van der Waals surface area contributed by atoms with Crippen LogP contribution in [-0.2, 0) is 38.2 Å². The fourth-order valence-electron chi connectivity index (χ4n) is 9.81. The molecule has 0 aromatic rings. The Morgan fingerprint density at radius 2 is 1.57 bits per heavy atom. The van der Waals surface area contributed by atoms with E-state index in [4.69, 9.17) is 14.2 Å². The molecule has 11 unspecified atom stereocenters. The van der Waals surface area contributed by atoms with Gasteiger partial charge in [0.2, 0.25) is 0 Å². The topological polar surface area (TPSA) is 154 Å². The number of esters is 2. The molecule has 0 radical (unpaired) electrons. The largest absolute Gasteiger partial charge is 0.469 e. The SMILES string of the molecule is COC(=O)C12CC(=O)C(C(C)C)CC(=O)C(C)CCCC(C)CC(=O)C1CC(C)=C1C(OC(C)=O)CC(C)(O)C3CCC(C)(O)C(CCC(C)=CC12)O3. The van der Waals surface area contributed by atoms with E-state index >= 15 is 0 Å². The Kier molecular flexibility index (Phi) is 13.8. The number of methoxy groups -OCH3 is 1. The second-order valence-corrected chi connectivity index (χ2v) is 18.0. The maximum absolute atomic E-state index is 14.8. The van der Waals surface area contributed by atoms with Gasteiger partial charge in [0.05, 0.1) is 35.9 Å². The molecule has 1 saturated heterocycles. The maximum atomic E-state index is 14.8. The van der Waals surface area contributed by atoms with Gasteiger partial charge in [0.1, 0.15) is 23.5 Å². The predicted octanol–water partition coefficient (Wildman–Crippen LogP) is 6.82. The van der Waals surface area contributed by atoms with Crippen LogP contribution in [0.3, 0.4) is 0 Å². The minimum Gasteiger partial charge on any atom is -0.469 e. The molecule has 10 nitrogen and oxygen atoms in total. The highest BCUT2D eigenvalue weighted by Crippen LogP contribution is 2.56. The van der Waals surface area contributed by atoms with E-state index in [1.54, 1.807) is 13.8 Å². The summed E-state index contributed by atoms with van der Waals surface area (Å²) >= 11 is 0. The van der Waals surface area contributed by atoms with E-state index in [1.807, 2.05) is 47.6 Å². The average molecular weight is 743 g/mol. The number of carbonyl (C=O) groups excluding carboxylic acids is 5. The van der Waals surface area contributed by atoms with E-state index in [-0.39, 0.29) is 67.2 Å². The molecule has 0 aromatic heterocycles. The maximum Gasteiger partial charge on any atom is 0.313 e. The van der Waals surface area contributed by atoms with Crippen LogP contribution in [0, 0.1) is 40.9 Å². The van der Waals surface area contributed by atoms with Crippen LogP contribution >= 0.6 is 0 Å². The molecule has 2 fully saturated rings. The number of hydrogen-bond donors (Lipinski definition) is 2. The molecule has 2 N–H and O–H groups in total. The predicted molar refractivity (Wildman–Crippen MR) is 200 cm³/mol. The first-order valence-electron chi connectivity index (χ1n) is 19.9. The molecule has 298 valence electrons. The van der Waals surface area contributed by atoms with Crippen LogP contribution in [0.4, 0.5) is 0 Å². The van der Waals surface area contributed by atoms with Gasteiger partial charge in [-0.3, -0.25) is 24.0 Å². The van der Waals surface area contributed by atoms with Crippen LogP contribution in [-0.4, -0.2) is 76.1 Å². The zero-order chi connectivity index (χ0) is 39.6. The first-order chi connectivity index (χ1) is 24.6. The third-order valence-electron chi connectivity index (χ3n) is 13.1. The van der Waals surface area contributed by atoms with Crippen molar-refractivity contribution >= 4 is 29.3 Å². The molecule has 2 aliphatic heterocycles. The fourth-order valence-corrected chi connectivity index (χ4v) is 9.81. The van der Waals surface area contributed by atoms with Crippen LogP contribution < -0.4 is 0 Å². The molecule has 2 aliphatic carbocycles. The van der Waals surface area contributed by atoms with E-state index in [1.165, 1.54) is 14.0 Å². The molecular weight excluding hydrogens is 676 g/mol. The average Bonchev–Trinajstić information content (AvgIpc) is 3.05. The van der Waals surface area contributed by atoms with Crippen molar-refractivity contribution < 1.29 is 48.4 Å². The Labute approximate surface area is 316 Å². The quantitative estimate of drug-likeness (QED) is 0.233. The summed E-state index contributed by atoms with van der Waals surface area (Å²) in [6.07, 6.45) is 3.46. The second-order valence-electron chi connectivity index (χ2n) is 18.0. The van der Waals surface area contributed by atoms with E-state index in [0.29, 0.717) is 37.7 Å². The molecule has 1 saturated carbocycles. The number of ketones is 3. The van der Waals surface area contributed by atoms with Gasteiger partial charge in [-0.05, 0) is 83.6 Å². The molecular formula is C43H66O10. The standard InChI is InChI=1S/C43H66O10/c1-24(2)30-21-33(45)27(5)13-11-12-25(3)19-34(46)31-20-28(6)39-32(43(31,22-35(30)47)40(48)51-10)18-26(4)14-15-37-41(8,49)17-16-38(53-37)42(9,50)23-36(39)52-29(7)44/h18,24-25,27,30-32,36-38,49-50H,11-17,19-23H2,1-10H3. The van der Waals surface area contributed by atoms with Crippen molar-refractivity contribution in [3.63, 3.8) is 0 Å². The first kappa shape index (κ1) is 43.0. The minimum absolute atomic E-state index is 0.0161. The molecule has 4 rings (SSSR count). The highest BCUT2D eigenvalue weighted by molar-refractivity contribution is 5.97. The van der Waals surface area contributed by atoms with Gasteiger partial charge < -0.3 is 24.4 Å². The van der Waals surface area contributed by atoms with Crippen molar-refractivity contribution in [2.45, 2.75) is 169 Å². The number of carbonyl (C=O) groups is 5. The van der Waals surface area contributed by atoms with Crippen LogP contribution in [0.5, 0.6) is 0 Å². The lowest BCUT2D eigenvalue weighted by Crippen LogP contribution is -2.57. The van der Waals surface area contributed by atoms with Crippen LogP contribution in [0.25, 0.3) is 0 Å². The third-order valence-corrected chi connectivity index (χ3v) is 13.1. The molecule has 10 heteroatoms. The summed E-state index contributed by atoms with van der Waals surface area (Å²) in [5.74, 6) is -4.66. The van der Waals surface area contributed by atoms with Crippen LogP contribution in [0.2, 0.25) is 0 Å². The zero-order valence-electron chi connectivity index (χ0n) is 33.9. The van der Waals surface area contributed by atoms with Crippen molar-refractivity contribution in [1.82, 2.24) is 0 Å². The molecule has 0 spiro atoms.